The Morgan fingerprint density at radius 3 is 3.07 bits per heavy atom. The van der Waals surface area contributed by atoms with Crippen LogP contribution >= 0.6 is 0 Å². The number of hydrogen-bond acceptors (Lipinski definition) is 4. The molecule has 15 heavy (non-hydrogen) atoms. The van der Waals surface area contributed by atoms with Crippen molar-refractivity contribution in [1.29, 1.82) is 5.26 Å². The van der Waals surface area contributed by atoms with E-state index < -0.39 is 17.7 Å². The van der Waals surface area contributed by atoms with Crippen molar-refractivity contribution in [1.82, 2.24) is 4.98 Å². The van der Waals surface area contributed by atoms with Crippen LogP contribution in [0.2, 0.25) is 0 Å². The SMILES string of the molecule is CCOC(=O)C(C#N)c1ncccc1F. The molecule has 1 rings (SSSR count). The maximum atomic E-state index is 13.2. The third-order valence-corrected chi connectivity index (χ3v) is 1.71. The van der Waals surface area contributed by atoms with Crippen LogP contribution < -0.4 is 0 Å². The van der Waals surface area contributed by atoms with Crippen LogP contribution in [0.1, 0.15) is 18.5 Å². The van der Waals surface area contributed by atoms with Crippen molar-refractivity contribution in [3.8, 4) is 6.07 Å². The Labute approximate surface area is 86.3 Å². The molecular weight excluding hydrogens is 199 g/mol. The number of ether oxygens (including phenoxy) is 1. The lowest BCUT2D eigenvalue weighted by molar-refractivity contribution is -0.143. The molecule has 0 amide bonds. The average Bonchev–Trinajstić information content (AvgIpc) is 2.22. The van der Waals surface area contributed by atoms with Gasteiger partial charge in [-0.2, -0.15) is 5.26 Å². The summed E-state index contributed by atoms with van der Waals surface area (Å²) < 4.78 is 17.8. The van der Waals surface area contributed by atoms with Gasteiger partial charge in [0.1, 0.15) is 11.5 Å². The highest BCUT2D eigenvalue weighted by atomic mass is 19.1. The summed E-state index contributed by atoms with van der Waals surface area (Å²) in [6, 6.07) is 4.20. The van der Waals surface area contributed by atoms with Crippen LogP contribution in [0.25, 0.3) is 0 Å². The van der Waals surface area contributed by atoms with Crippen molar-refractivity contribution in [3.05, 3.63) is 29.8 Å². The van der Waals surface area contributed by atoms with Crippen LogP contribution in [0.15, 0.2) is 18.3 Å². The summed E-state index contributed by atoms with van der Waals surface area (Å²) in [5.41, 5.74) is -0.196. The Hall–Kier alpha value is -1.96. The minimum atomic E-state index is -1.30. The van der Waals surface area contributed by atoms with Gasteiger partial charge in [0, 0.05) is 6.20 Å². The van der Waals surface area contributed by atoms with E-state index in [2.05, 4.69) is 9.72 Å². The Kier molecular flexibility index (Phi) is 3.75. The predicted octanol–water partition coefficient (Wildman–Crippen LogP) is 1.39. The van der Waals surface area contributed by atoms with Gasteiger partial charge >= 0.3 is 5.97 Å². The number of aromatic nitrogens is 1. The first kappa shape index (κ1) is 11.1. The first-order valence-electron chi connectivity index (χ1n) is 4.37. The second-order valence-corrected chi connectivity index (χ2v) is 2.68. The second kappa shape index (κ2) is 5.05. The summed E-state index contributed by atoms with van der Waals surface area (Å²) in [6.07, 6.45) is 1.32. The molecule has 0 aliphatic heterocycles. The molecule has 0 aliphatic rings. The van der Waals surface area contributed by atoms with Gasteiger partial charge in [0.2, 0.25) is 0 Å². The van der Waals surface area contributed by atoms with Crippen LogP contribution in [0.4, 0.5) is 4.39 Å². The smallest absolute Gasteiger partial charge is 0.329 e. The highest BCUT2D eigenvalue weighted by molar-refractivity contribution is 5.80. The molecule has 78 valence electrons. The summed E-state index contributed by atoms with van der Waals surface area (Å²) in [6.45, 7) is 1.76. The highest BCUT2D eigenvalue weighted by Crippen LogP contribution is 2.17. The van der Waals surface area contributed by atoms with Crippen molar-refractivity contribution < 1.29 is 13.9 Å². The van der Waals surface area contributed by atoms with E-state index in [4.69, 9.17) is 5.26 Å². The molecule has 0 radical (unpaired) electrons. The van der Waals surface area contributed by atoms with Gasteiger partial charge in [-0.15, -0.1) is 0 Å². The summed E-state index contributed by atoms with van der Waals surface area (Å²) in [4.78, 5) is 14.9. The molecule has 0 aromatic carbocycles. The summed E-state index contributed by atoms with van der Waals surface area (Å²) in [7, 11) is 0. The van der Waals surface area contributed by atoms with Crippen LogP contribution in [0.3, 0.4) is 0 Å². The van der Waals surface area contributed by atoms with Gasteiger partial charge in [0.25, 0.3) is 0 Å². The van der Waals surface area contributed by atoms with Crippen molar-refractivity contribution in [2.75, 3.05) is 6.61 Å². The maximum absolute atomic E-state index is 13.2. The van der Waals surface area contributed by atoms with Crippen LogP contribution in [-0.2, 0) is 9.53 Å². The molecule has 1 unspecified atom stereocenters. The van der Waals surface area contributed by atoms with Crippen LogP contribution in [0, 0.1) is 17.1 Å². The van der Waals surface area contributed by atoms with E-state index in [0.29, 0.717) is 0 Å². The largest absolute Gasteiger partial charge is 0.465 e. The van der Waals surface area contributed by atoms with Crippen LogP contribution in [-0.4, -0.2) is 17.6 Å². The van der Waals surface area contributed by atoms with E-state index in [-0.39, 0.29) is 12.3 Å². The fourth-order valence-corrected chi connectivity index (χ4v) is 1.06. The molecule has 1 aromatic rings. The zero-order valence-electron chi connectivity index (χ0n) is 8.11. The number of pyridine rings is 1. The number of esters is 1. The Balaban J connectivity index is 2.99. The van der Waals surface area contributed by atoms with E-state index in [1.165, 1.54) is 12.3 Å². The lowest BCUT2D eigenvalue weighted by Gasteiger charge is -2.07. The third-order valence-electron chi connectivity index (χ3n) is 1.71. The number of nitriles is 1. The quantitative estimate of drug-likeness (QED) is 0.704. The van der Waals surface area contributed by atoms with E-state index >= 15 is 0 Å². The molecule has 0 spiro atoms. The number of carbonyl (C=O) groups is 1. The topological polar surface area (TPSA) is 63.0 Å². The van der Waals surface area contributed by atoms with E-state index in [1.54, 1.807) is 13.0 Å². The number of halogens is 1. The molecule has 1 atom stereocenters. The molecule has 0 bridgehead atoms. The third kappa shape index (κ3) is 2.50. The predicted molar refractivity (Wildman–Crippen MR) is 49.2 cm³/mol. The van der Waals surface area contributed by atoms with Crippen molar-refractivity contribution in [3.63, 3.8) is 0 Å². The minimum absolute atomic E-state index is 0.144. The molecule has 0 aliphatic carbocycles. The average molecular weight is 208 g/mol. The first-order chi connectivity index (χ1) is 7.20. The molecular formula is C10H9FN2O2. The summed E-state index contributed by atoms with van der Waals surface area (Å²) in [5.74, 6) is -2.76. The minimum Gasteiger partial charge on any atom is -0.465 e. The lowest BCUT2D eigenvalue weighted by Crippen LogP contribution is -2.16. The summed E-state index contributed by atoms with van der Waals surface area (Å²) in [5, 5.41) is 8.74. The van der Waals surface area contributed by atoms with Gasteiger partial charge in [0.15, 0.2) is 5.92 Å². The molecule has 0 fully saturated rings. The zero-order chi connectivity index (χ0) is 11.3. The maximum Gasteiger partial charge on any atom is 0.329 e. The Morgan fingerprint density at radius 2 is 2.53 bits per heavy atom. The van der Waals surface area contributed by atoms with Gasteiger partial charge in [-0.3, -0.25) is 9.78 Å². The summed E-state index contributed by atoms with van der Waals surface area (Å²) >= 11 is 0. The van der Waals surface area contributed by atoms with Crippen molar-refractivity contribution in [2.24, 2.45) is 0 Å². The van der Waals surface area contributed by atoms with E-state index in [0.717, 1.165) is 6.07 Å². The monoisotopic (exact) mass is 208 g/mol. The van der Waals surface area contributed by atoms with E-state index in [1.807, 2.05) is 0 Å². The normalized spacial score (nSPS) is 11.5. The van der Waals surface area contributed by atoms with Crippen molar-refractivity contribution in [2.45, 2.75) is 12.8 Å². The van der Waals surface area contributed by atoms with Crippen LogP contribution in [0.5, 0.6) is 0 Å². The van der Waals surface area contributed by atoms with Gasteiger partial charge in [0.05, 0.1) is 12.7 Å². The standard InChI is InChI=1S/C10H9FN2O2/c1-2-15-10(14)7(6-12)9-8(11)4-3-5-13-9/h3-5,7H,2H2,1H3. The lowest BCUT2D eigenvalue weighted by atomic mass is 10.1. The second-order valence-electron chi connectivity index (χ2n) is 2.68. The van der Waals surface area contributed by atoms with Gasteiger partial charge in [-0.05, 0) is 19.1 Å². The Morgan fingerprint density at radius 1 is 1.80 bits per heavy atom. The van der Waals surface area contributed by atoms with Gasteiger partial charge in [-0.25, -0.2) is 4.39 Å². The fraction of sp³-hybridized carbons (Fsp3) is 0.300. The van der Waals surface area contributed by atoms with E-state index in [9.17, 15) is 9.18 Å². The Bertz CT molecular complexity index is 401. The number of carbonyl (C=O) groups excluding carboxylic acids is 1. The van der Waals surface area contributed by atoms with Crippen molar-refractivity contribution >= 4 is 5.97 Å². The van der Waals surface area contributed by atoms with Gasteiger partial charge in [-0.1, -0.05) is 0 Å². The molecule has 0 saturated carbocycles. The molecule has 0 saturated heterocycles. The highest BCUT2D eigenvalue weighted by Gasteiger charge is 2.25. The molecule has 1 aromatic heterocycles. The van der Waals surface area contributed by atoms with Gasteiger partial charge < -0.3 is 4.74 Å². The number of rotatable bonds is 3. The molecule has 0 N–H and O–H groups in total. The first-order valence-corrected chi connectivity index (χ1v) is 4.37. The molecule has 1 heterocycles. The zero-order valence-corrected chi connectivity index (χ0v) is 8.11. The molecule has 4 nitrogen and oxygen atoms in total. The number of hydrogen-bond donors (Lipinski definition) is 0. The fourth-order valence-electron chi connectivity index (χ4n) is 1.06. The molecule has 5 heteroatoms. The number of nitrogens with zero attached hydrogens (tertiary/aromatic N) is 2.